The van der Waals surface area contributed by atoms with E-state index in [0.717, 1.165) is 11.3 Å². The maximum Gasteiger partial charge on any atom is 0.274 e. The fourth-order valence-corrected chi connectivity index (χ4v) is 2.52. The Morgan fingerprint density at radius 3 is 2.58 bits per heavy atom. The molecule has 1 amide bonds. The van der Waals surface area contributed by atoms with E-state index in [9.17, 15) is 9.18 Å². The van der Waals surface area contributed by atoms with E-state index in [4.69, 9.17) is 11.6 Å². The molecule has 0 saturated heterocycles. The number of rotatable bonds is 5. The van der Waals surface area contributed by atoms with E-state index >= 15 is 0 Å². The van der Waals surface area contributed by atoms with E-state index in [1.54, 1.807) is 18.3 Å². The van der Waals surface area contributed by atoms with Gasteiger partial charge in [-0.3, -0.25) is 9.78 Å². The first-order chi connectivity index (χ1) is 12.5. The highest BCUT2D eigenvalue weighted by Crippen LogP contribution is 2.20. The molecule has 0 saturated carbocycles. The summed E-state index contributed by atoms with van der Waals surface area (Å²) in [6, 6.07) is 15.7. The lowest BCUT2D eigenvalue weighted by Crippen LogP contribution is -2.14. The highest BCUT2D eigenvalue weighted by molar-refractivity contribution is 6.31. The Hall–Kier alpha value is -2.92. The molecule has 0 atom stereocenters. The van der Waals surface area contributed by atoms with Crippen molar-refractivity contribution >= 4 is 28.9 Å². The standard InChI is InChI=1S/C20H17ClFN3O/c1-13-2-4-14(5-3-13)12-24-15-8-9-23-19(11-15)20(26)25-16-6-7-18(22)17(21)10-16/h2-11H,12H2,1H3,(H,23,24)(H,25,26). The van der Waals surface area contributed by atoms with Gasteiger partial charge in [-0.15, -0.1) is 0 Å². The molecule has 0 unspecified atom stereocenters. The predicted octanol–water partition coefficient (Wildman–Crippen LogP) is 5.05. The average Bonchev–Trinajstić information content (AvgIpc) is 2.64. The minimum atomic E-state index is -0.537. The van der Waals surface area contributed by atoms with E-state index in [-0.39, 0.29) is 10.7 Å². The summed E-state index contributed by atoms with van der Waals surface area (Å²) in [5.74, 6) is -0.934. The zero-order valence-corrected chi connectivity index (χ0v) is 14.8. The molecule has 1 heterocycles. The maximum atomic E-state index is 13.2. The lowest BCUT2D eigenvalue weighted by atomic mass is 10.1. The van der Waals surface area contributed by atoms with E-state index in [1.807, 2.05) is 6.92 Å². The van der Waals surface area contributed by atoms with Gasteiger partial charge in [-0.25, -0.2) is 4.39 Å². The number of amides is 1. The highest BCUT2D eigenvalue weighted by Gasteiger charge is 2.10. The maximum absolute atomic E-state index is 13.2. The van der Waals surface area contributed by atoms with Gasteiger partial charge < -0.3 is 10.6 Å². The normalized spacial score (nSPS) is 10.4. The second-order valence-corrected chi connectivity index (χ2v) is 6.26. The van der Waals surface area contributed by atoms with Gasteiger partial charge in [-0.1, -0.05) is 41.4 Å². The smallest absolute Gasteiger partial charge is 0.274 e. The van der Waals surface area contributed by atoms with Crippen LogP contribution in [0.2, 0.25) is 5.02 Å². The molecule has 26 heavy (non-hydrogen) atoms. The lowest BCUT2D eigenvalue weighted by Gasteiger charge is -2.09. The van der Waals surface area contributed by atoms with Crippen LogP contribution in [0.5, 0.6) is 0 Å². The Kier molecular flexibility index (Phi) is 5.49. The molecular formula is C20H17ClFN3O. The molecule has 0 fully saturated rings. The number of aryl methyl sites for hydroxylation is 1. The van der Waals surface area contributed by atoms with Crippen molar-refractivity contribution in [3.05, 3.63) is 88.5 Å². The highest BCUT2D eigenvalue weighted by atomic mass is 35.5. The van der Waals surface area contributed by atoms with Crippen molar-refractivity contribution in [2.75, 3.05) is 10.6 Å². The van der Waals surface area contributed by atoms with E-state index in [1.165, 1.54) is 23.8 Å². The van der Waals surface area contributed by atoms with E-state index < -0.39 is 11.7 Å². The second kappa shape index (κ2) is 7.97. The molecule has 2 aromatic carbocycles. The summed E-state index contributed by atoms with van der Waals surface area (Å²) in [7, 11) is 0. The number of carbonyl (C=O) groups excluding carboxylic acids is 1. The molecule has 3 aromatic rings. The quantitative estimate of drug-likeness (QED) is 0.662. The van der Waals surface area contributed by atoms with Gasteiger partial charge in [-0.2, -0.15) is 0 Å². The van der Waals surface area contributed by atoms with Crippen LogP contribution in [0.25, 0.3) is 0 Å². The van der Waals surface area contributed by atoms with Gasteiger partial charge >= 0.3 is 0 Å². The second-order valence-electron chi connectivity index (χ2n) is 5.85. The molecule has 0 spiro atoms. The summed E-state index contributed by atoms with van der Waals surface area (Å²) in [6.07, 6.45) is 1.56. The van der Waals surface area contributed by atoms with Crippen LogP contribution in [0, 0.1) is 12.7 Å². The number of hydrogen-bond acceptors (Lipinski definition) is 3. The van der Waals surface area contributed by atoms with E-state index in [2.05, 4.69) is 39.9 Å². The molecule has 0 aliphatic carbocycles. The van der Waals surface area contributed by atoms with Gasteiger partial charge in [0.25, 0.3) is 5.91 Å². The van der Waals surface area contributed by atoms with Crippen molar-refractivity contribution < 1.29 is 9.18 Å². The number of nitrogens with one attached hydrogen (secondary N) is 2. The molecule has 3 rings (SSSR count). The fraction of sp³-hybridized carbons (Fsp3) is 0.100. The van der Waals surface area contributed by atoms with E-state index in [0.29, 0.717) is 12.2 Å². The van der Waals surface area contributed by atoms with Gasteiger partial charge in [0.1, 0.15) is 11.5 Å². The minimum Gasteiger partial charge on any atom is -0.381 e. The van der Waals surface area contributed by atoms with Crippen molar-refractivity contribution in [2.24, 2.45) is 0 Å². The van der Waals surface area contributed by atoms with Crippen molar-refractivity contribution in [3.8, 4) is 0 Å². The van der Waals surface area contributed by atoms with Crippen LogP contribution in [0.1, 0.15) is 21.6 Å². The van der Waals surface area contributed by atoms with Gasteiger partial charge in [-0.05, 0) is 42.8 Å². The Balaban J connectivity index is 1.66. The van der Waals surface area contributed by atoms with Gasteiger partial charge in [0.15, 0.2) is 0 Å². The van der Waals surface area contributed by atoms with Crippen LogP contribution in [-0.2, 0) is 6.54 Å². The fourth-order valence-electron chi connectivity index (χ4n) is 2.34. The Morgan fingerprint density at radius 2 is 1.85 bits per heavy atom. The third-order valence-electron chi connectivity index (χ3n) is 3.79. The first kappa shape index (κ1) is 17.9. The minimum absolute atomic E-state index is 0.0516. The summed E-state index contributed by atoms with van der Waals surface area (Å²) in [6.45, 7) is 2.68. The van der Waals surface area contributed by atoms with Crippen LogP contribution < -0.4 is 10.6 Å². The van der Waals surface area contributed by atoms with Gasteiger partial charge in [0.05, 0.1) is 5.02 Å². The molecule has 2 N–H and O–H groups in total. The van der Waals surface area contributed by atoms with Crippen LogP contribution in [0.4, 0.5) is 15.8 Å². The summed E-state index contributed by atoms with van der Waals surface area (Å²) in [5.41, 5.74) is 3.78. The lowest BCUT2D eigenvalue weighted by molar-refractivity contribution is 0.102. The molecule has 4 nitrogen and oxygen atoms in total. The van der Waals surface area contributed by atoms with Crippen molar-refractivity contribution in [3.63, 3.8) is 0 Å². The van der Waals surface area contributed by atoms with Crippen molar-refractivity contribution in [1.82, 2.24) is 4.98 Å². The molecule has 0 aliphatic rings. The first-order valence-electron chi connectivity index (χ1n) is 8.03. The Labute approximate surface area is 156 Å². The zero-order chi connectivity index (χ0) is 18.5. The summed E-state index contributed by atoms with van der Waals surface area (Å²) < 4.78 is 13.2. The largest absolute Gasteiger partial charge is 0.381 e. The first-order valence-corrected chi connectivity index (χ1v) is 8.41. The number of anilines is 2. The number of halogens is 2. The topological polar surface area (TPSA) is 54.0 Å². The van der Waals surface area contributed by atoms with Crippen molar-refractivity contribution in [2.45, 2.75) is 13.5 Å². The molecular weight excluding hydrogens is 353 g/mol. The van der Waals surface area contributed by atoms with Crippen molar-refractivity contribution in [1.29, 1.82) is 0 Å². The van der Waals surface area contributed by atoms with Crippen LogP contribution in [0.3, 0.4) is 0 Å². The van der Waals surface area contributed by atoms with Crippen LogP contribution >= 0.6 is 11.6 Å². The summed E-state index contributed by atoms with van der Waals surface area (Å²) in [4.78, 5) is 16.4. The monoisotopic (exact) mass is 369 g/mol. The molecule has 0 bridgehead atoms. The van der Waals surface area contributed by atoms with Gasteiger partial charge in [0, 0.05) is 24.1 Å². The third kappa shape index (κ3) is 4.58. The van der Waals surface area contributed by atoms with Gasteiger partial charge in [0.2, 0.25) is 0 Å². The number of carbonyl (C=O) groups is 1. The molecule has 6 heteroatoms. The number of hydrogen-bond donors (Lipinski definition) is 2. The number of nitrogens with zero attached hydrogens (tertiary/aromatic N) is 1. The summed E-state index contributed by atoms with van der Waals surface area (Å²) >= 11 is 5.73. The average molecular weight is 370 g/mol. The Bertz CT molecular complexity index is 929. The number of pyridine rings is 1. The van der Waals surface area contributed by atoms with Crippen LogP contribution in [-0.4, -0.2) is 10.9 Å². The zero-order valence-electron chi connectivity index (χ0n) is 14.1. The third-order valence-corrected chi connectivity index (χ3v) is 4.08. The Morgan fingerprint density at radius 1 is 1.08 bits per heavy atom. The SMILES string of the molecule is Cc1ccc(CNc2ccnc(C(=O)Nc3ccc(F)c(Cl)c3)c2)cc1. The molecule has 1 aromatic heterocycles. The number of aromatic nitrogens is 1. The predicted molar refractivity (Wildman–Crippen MR) is 102 cm³/mol. The number of benzene rings is 2. The van der Waals surface area contributed by atoms with Crippen LogP contribution in [0.15, 0.2) is 60.8 Å². The molecule has 0 radical (unpaired) electrons. The molecule has 132 valence electrons. The summed E-state index contributed by atoms with van der Waals surface area (Å²) in [5, 5.41) is 5.87. The molecule has 0 aliphatic heterocycles.